The lowest BCUT2D eigenvalue weighted by atomic mass is 9.93. The van der Waals surface area contributed by atoms with Crippen LogP contribution < -0.4 is 9.47 Å². The number of methoxy groups -OCH3 is 4. The van der Waals surface area contributed by atoms with E-state index in [9.17, 15) is 9.59 Å². The molecule has 0 aliphatic carbocycles. The summed E-state index contributed by atoms with van der Waals surface area (Å²) in [6.07, 6.45) is 12.5. The molecule has 0 fully saturated rings. The molecule has 0 spiro atoms. The van der Waals surface area contributed by atoms with Gasteiger partial charge in [-0.1, -0.05) is 81.1 Å². The van der Waals surface area contributed by atoms with Crippen LogP contribution in [-0.2, 0) is 9.47 Å². The van der Waals surface area contributed by atoms with Crippen molar-refractivity contribution in [1.82, 2.24) is 0 Å². The molecule has 0 heterocycles. The number of unbranched alkanes of at least 4 members (excludes halogenated alkanes) is 8. The molecule has 0 amide bonds. The van der Waals surface area contributed by atoms with Crippen LogP contribution in [0.15, 0.2) is 30.3 Å². The van der Waals surface area contributed by atoms with Crippen molar-refractivity contribution >= 4 is 40.7 Å². The lowest BCUT2D eigenvalue weighted by Crippen LogP contribution is -2.07. The van der Waals surface area contributed by atoms with Crippen molar-refractivity contribution in [2.24, 2.45) is 0 Å². The predicted octanol–water partition coefficient (Wildman–Crippen LogP) is 8.55. The third kappa shape index (κ3) is 8.40. The summed E-state index contributed by atoms with van der Waals surface area (Å²) < 4.78 is 20.6. The number of ether oxygens (including phenoxy) is 4. The molecule has 2 aromatic rings. The minimum Gasteiger partial charge on any atom is -0.494 e. The van der Waals surface area contributed by atoms with Gasteiger partial charge in [-0.05, 0) is 53.8 Å². The van der Waals surface area contributed by atoms with Gasteiger partial charge < -0.3 is 18.9 Å². The van der Waals surface area contributed by atoms with Crippen molar-refractivity contribution in [1.29, 1.82) is 0 Å². The second-order valence-electron chi connectivity index (χ2n) is 8.94. The van der Waals surface area contributed by atoms with Crippen LogP contribution in [0.3, 0.4) is 0 Å². The third-order valence-corrected chi connectivity index (χ3v) is 6.90. The first kappa shape index (κ1) is 31.5. The average molecular weight is 566 g/mol. The molecule has 8 heteroatoms. The number of hydrogen-bond donors (Lipinski definition) is 0. The molecule has 6 nitrogen and oxygen atoms in total. The highest BCUT2D eigenvalue weighted by atomic mass is 35.5. The topological polar surface area (TPSA) is 71.1 Å². The van der Waals surface area contributed by atoms with E-state index in [1.54, 1.807) is 24.3 Å². The van der Waals surface area contributed by atoms with Crippen LogP contribution in [0.4, 0.5) is 0 Å². The van der Waals surface area contributed by atoms with E-state index < -0.39 is 11.9 Å². The number of hydrogen-bond acceptors (Lipinski definition) is 6. The first-order valence-electron chi connectivity index (χ1n) is 12.9. The maximum Gasteiger partial charge on any atom is 0.341 e. The number of allylic oxidation sites excluding steroid dienone is 1. The zero-order valence-corrected chi connectivity index (χ0v) is 24.5. The molecule has 0 atom stereocenters. The maximum absolute atomic E-state index is 12.5. The smallest absolute Gasteiger partial charge is 0.341 e. The number of halogens is 2. The molecule has 0 saturated heterocycles. The van der Waals surface area contributed by atoms with Crippen molar-refractivity contribution < 1.29 is 28.5 Å². The Balaban J connectivity index is 2.50. The fourth-order valence-corrected chi connectivity index (χ4v) is 4.96. The van der Waals surface area contributed by atoms with Gasteiger partial charge in [-0.25, -0.2) is 9.59 Å². The second-order valence-corrected chi connectivity index (χ2v) is 9.76. The largest absolute Gasteiger partial charge is 0.494 e. The summed E-state index contributed by atoms with van der Waals surface area (Å²) >= 11 is 13.0. The summed E-state index contributed by atoms with van der Waals surface area (Å²) in [7, 11) is 5.48. The van der Waals surface area contributed by atoms with E-state index in [-0.39, 0.29) is 32.7 Å². The highest BCUT2D eigenvalue weighted by molar-refractivity contribution is 6.33. The Labute approximate surface area is 236 Å². The van der Waals surface area contributed by atoms with Gasteiger partial charge in [0.1, 0.15) is 11.1 Å². The Bertz CT molecular complexity index is 1050. The molecule has 0 aliphatic heterocycles. The average Bonchev–Trinajstić information content (AvgIpc) is 2.92. The van der Waals surface area contributed by atoms with Crippen molar-refractivity contribution in [3.63, 3.8) is 0 Å². The van der Waals surface area contributed by atoms with E-state index in [4.69, 9.17) is 42.1 Å². The molecule has 0 N–H and O–H groups in total. The predicted molar refractivity (Wildman–Crippen MR) is 153 cm³/mol. The normalized spacial score (nSPS) is 10.6. The first-order chi connectivity index (χ1) is 18.3. The minimum atomic E-state index is -0.573. The summed E-state index contributed by atoms with van der Waals surface area (Å²) in [4.78, 5) is 25.0. The fraction of sp³-hybridized carbons (Fsp3) is 0.467. The summed E-state index contributed by atoms with van der Waals surface area (Å²) in [5, 5.41) is 0.521. The molecule has 0 aromatic heterocycles. The maximum atomic E-state index is 12.5. The number of rotatable bonds is 15. The quantitative estimate of drug-likeness (QED) is 0.159. The monoisotopic (exact) mass is 564 g/mol. The zero-order chi connectivity index (χ0) is 28.1. The Kier molecular flexibility index (Phi) is 13.5. The molecule has 208 valence electrons. The van der Waals surface area contributed by atoms with Crippen LogP contribution in [0.1, 0.15) is 96.6 Å². The number of esters is 2. The standard InChI is InChI=1S/C30H38Cl2O6/c1-6-7-8-9-10-11-12-13-14-15-22(20-16-23(29(33)37-4)27(35-2)25(31)18-20)21-17-24(30(34)38-5)28(36-3)26(32)19-21/h15-19H,6-14H2,1-5H3. The molecule has 38 heavy (non-hydrogen) atoms. The number of carbonyl (C=O) groups excluding carboxylic acids is 2. The van der Waals surface area contributed by atoms with Crippen LogP contribution >= 0.6 is 23.2 Å². The molecule has 2 aromatic carbocycles. The van der Waals surface area contributed by atoms with E-state index in [1.165, 1.54) is 67.0 Å². The van der Waals surface area contributed by atoms with Crippen molar-refractivity contribution in [3.8, 4) is 11.5 Å². The summed E-state index contributed by atoms with van der Waals surface area (Å²) in [6, 6.07) is 6.79. The van der Waals surface area contributed by atoms with E-state index in [2.05, 4.69) is 13.0 Å². The van der Waals surface area contributed by atoms with Crippen LogP contribution in [0.25, 0.3) is 5.57 Å². The molecule has 0 radical (unpaired) electrons. The van der Waals surface area contributed by atoms with Gasteiger partial charge in [-0.2, -0.15) is 0 Å². The van der Waals surface area contributed by atoms with Crippen LogP contribution in [0, 0.1) is 0 Å². The van der Waals surface area contributed by atoms with Gasteiger partial charge in [0.05, 0.1) is 38.5 Å². The fourth-order valence-electron chi connectivity index (χ4n) is 4.36. The summed E-state index contributed by atoms with van der Waals surface area (Å²) in [6.45, 7) is 2.22. The second kappa shape index (κ2) is 16.3. The summed E-state index contributed by atoms with van der Waals surface area (Å²) in [5.74, 6) is -0.688. The van der Waals surface area contributed by atoms with Gasteiger partial charge >= 0.3 is 11.9 Å². The highest BCUT2D eigenvalue weighted by Gasteiger charge is 2.22. The highest BCUT2D eigenvalue weighted by Crippen LogP contribution is 2.39. The Hall–Kier alpha value is -2.70. The van der Waals surface area contributed by atoms with E-state index in [1.807, 2.05) is 0 Å². The Morgan fingerprint density at radius 3 is 1.50 bits per heavy atom. The molecule has 0 bridgehead atoms. The molecular formula is C30H38Cl2O6. The number of carbonyl (C=O) groups is 2. The van der Waals surface area contributed by atoms with Gasteiger partial charge in [-0.3, -0.25) is 0 Å². The lowest BCUT2D eigenvalue weighted by Gasteiger charge is -2.17. The Morgan fingerprint density at radius 2 is 1.11 bits per heavy atom. The van der Waals surface area contributed by atoms with E-state index in [0.717, 1.165) is 24.8 Å². The molecular weight excluding hydrogens is 527 g/mol. The van der Waals surface area contributed by atoms with Crippen molar-refractivity contribution in [2.45, 2.75) is 64.7 Å². The van der Waals surface area contributed by atoms with Crippen LogP contribution in [-0.4, -0.2) is 40.4 Å². The van der Waals surface area contributed by atoms with Gasteiger partial charge in [-0.15, -0.1) is 0 Å². The minimum absolute atomic E-state index is 0.197. The zero-order valence-electron chi connectivity index (χ0n) is 23.0. The van der Waals surface area contributed by atoms with Gasteiger partial charge in [0.25, 0.3) is 0 Å². The SMILES string of the molecule is CCCCCCCCCCC=C(c1cc(Cl)c(OC)c(C(=O)OC)c1)c1cc(Cl)c(OC)c(C(=O)OC)c1. The summed E-state index contributed by atoms with van der Waals surface area (Å²) in [5.41, 5.74) is 2.48. The van der Waals surface area contributed by atoms with Gasteiger partial charge in [0.15, 0.2) is 11.5 Å². The lowest BCUT2D eigenvalue weighted by molar-refractivity contribution is 0.0588. The molecule has 0 aliphatic rings. The molecule has 2 rings (SSSR count). The van der Waals surface area contributed by atoms with Gasteiger partial charge in [0, 0.05) is 0 Å². The van der Waals surface area contributed by atoms with Crippen molar-refractivity contribution in [3.05, 3.63) is 62.6 Å². The third-order valence-electron chi connectivity index (χ3n) is 6.33. The van der Waals surface area contributed by atoms with Crippen LogP contribution in [0.2, 0.25) is 10.0 Å². The van der Waals surface area contributed by atoms with Crippen molar-refractivity contribution in [2.75, 3.05) is 28.4 Å². The first-order valence-corrected chi connectivity index (χ1v) is 13.7. The van der Waals surface area contributed by atoms with Crippen LogP contribution in [0.5, 0.6) is 11.5 Å². The molecule has 0 unspecified atom stereocenters. The number of benzene rings is 2. The van der Waals surface area contributed by atoms with E-state index >= 15 is 0 Å². The van der Waals surface area contributed by atoms with E-state index in [0.29, 0.717) is 11.1 Å². The van der Waals surface area contributed by atoms with Gasteiger partial charge in [0.2, 0.25) is 0 Å². The Morgan fingerprint density at radius 1 is 0.684 bits per heavy atom. The molecule has 0 saturated carbocycles.